The quantitative estimate of drug-likeness (QED) is 0.104. The van der Waals surface area contributed by atoms with Gasteiger partial charge in [-0.3, -0.25) is 19.2 Å². The zero-order valence-electron chi connectivity index (χ0n) is 26.1. The summed E-state index contributed by atoms with van der Waals surface area (Å²) in [7, 11) is 0. The van der Waals surface area contributed by atoms with Crippen molar-refractivity contribution in [2.45, 2.75) is 119 Å². The summed E-state index contributed by atoms with van der Waals surface area (Å²) in [5, 5.41) is 12.0. The number of nitrogens with one attached hydrogen (secondary N) is 1. The number of aliphatic hydroxyl groups is 1. The third kappa shape index (κ3) is 7.25. The lowest BCUT2D eigenvalue weighted by molar-refractivity contribution is -0.159. The van der Waals surface area contributed by atoms with Gasteiger partial charge in [0, 0.05) is 37.0 Å². The summed E-state index contributed by atoms with van der Waals surface area (Å²) in [5.74, 6) is -2.75. The highest BCUT2D eigenvalue weighted by molar-refractivity contribution is 9.09. The van der Waals surface area contributed by atoms with Crippen LogP contribution in [0, 0.1) is 11.8 Å². The van der Waals surface area contributed by atoms with Crippen molar-refractivity contribution in [1.82, 2.24) is 15.1 Å². The molecular formula is C33H50BrN3O7. The second-order valence-corrected chi connectivity index (χ2v) is 14.0. The van der Waals surface area contributed by atoms with Crippen LogP contribution >= 0.6 is 15.9 Å². The Morgan fingerprint density at radius 1 is 1.18 bits per heavy atom. The molecule has 1 aliphatic carbocycles. The highest BCUT2D eigenvalue weighted by Crippen LogP contribution is 2.60. The number of nitrogens with zero attached hydrogens (tertiary/aromatic N) is 2. The summed E-state index contributed by atoms with van der Waals surface area (Å²) in [6.45, 7) is 10.3. The van der Waals surface area contributed by atoms with Crippen LogP contribution in [0.2, 0.25) is 0 Å². The molecule has 4 rings (SSSR count). The molecule has 1 saturated carbocycles. The molecule has 3 aliphatic heterocycles. The molecule has 0 aromatic carbocycles. The smallest absolute Gasteiger partial charge is 0.312 e. The molecule has 4 fully saturated rings. The Morgan fingerprint density at radius 3 is 2.59 bits per heavy atom. The molecule has 3 saturated heterocycles. The molecule has 3 heterocycles. The first-order valence-electron chi connectivity index (χ1n) is 16.4. The number of carbonyl (C=O) groups is 4. The average molecular weight is 681 g/mol. The number of amides is 3. The molecule has 246 valence electrons. The van der Waals surface area contributed by atoms with E-state index in [0.717, 1.165) is 44.9 Å². The van der Waals surface area contributed by atoms with Crippen molar-refractivity contribution in [3.63, 3.8) is 0 Å². The first kappa shape index (κ1) is 34.6. The minimum absolute atomic E-state index is 0.0767. The third-order valence-electron chi connectivity index (χ3n) is 9.71. The average Bonchev–Trinajstić information content (AvgIpc) is 3.61. The van der Waals surface area contributed by atoms with Crippen LogP contribution in [-0.2, 0) is 28.7 Å². The van der Waals surface area contributed by atoms with E-state index in [1.165, 1.54) is 0 Å². The molecule has 4 aliphatic rings. The third-order valence-corrected chi connectivity index (χ3v) is 10.6. The summed E-state index contributed by atoms with van der Waals surface area (Å²) >= 11 is 3.73. The number of esters is 1. The molecule has 0 aromatic rings. The van der Waals surface area contributed by atoms with Gasteiger partial charge in [-0.1, -0.05) is 60.2 Å². The maximum Gasteiger partial charge on any atom is 0.312 e. The molecule has 7 atom stereocenters. The number of likely N-dealkylation sites (tertiary alicyclic amines) is 1. The van der Waals surface area contributed by atoms with E-state index in [9.17, 15) is 24.3 Å². The molecule has 0 aromatic heterocycles. The summed E-state index contributed by atoms with van der Waals surface area (Å²) in [5.41, 5.74) is -1.14. The number of fused-ring (bicyclic) bond motifs is 1. The van der Waals surface area contributed by atoms with Gasteiger partial charge in [-0.05, 0) is 45.4 Å². The highest BCUT2D eigenvalue weighted by atomic mass is 79.9. The topological polar surface area (TPSA) is 125 Å². The van der Waals surface area contributed by atoms with Crippen LogP contribution in [0.3, 0.4) is 0 Å². The van der Waals surface area contributed by atoms with Gasteiger partial charge in [-0.25, -0.2) is 0 Å². The zero-order chi connectivity index (χ0) is 31.9. The van der Waals surface area contributed by atoms with Crippen LogP contribution in [0.25, 0.3) is 0 Å². The van der Waals surface area contributed by atoms with Crippen molar-refractivity contribution in [2.24, 2.45) is 11.8 Å². The zero-order valence-corrected chi connectivity index (χ0v) is 27.7. The van der Waals surface area contributed by atoms with Gasteiger partial charge in [-0.2, -0.15) is 0 Å². The number of hydrogen-bond donors (Lipinski definition) is 2. The van der Waals surface area contributed by atoms with Gasteiger partial charge >= 0.3 is 5.97 Å². The Bertz CT molecular complexity index is 1070. The van der Waals surface area contributed by atoms with Crippen molar-refractivity contribution in [1.29, 1.82) is 0 Å². The van der Waals surface area contributed by atoms with Crippen LogP contribution in [0.4, 0.5) is 0 Å². The van der Waals surface area contributed by atoms with E-state index in [1.807, 2.05) is 4.90 Å². The van der Waals surface area contributed by atoms with Crippen molar-refractivity contribution >= 4 is 39.6 Å². The van der Waals surface area contributed by atoms with Gasteiger partial charge in [0.1, 0.15) is 17.7 Å². The lowest BCUT2D eigenvalue weighted by Gasteiger charge is -2.41. The van der Waals surface area contributed by atoms with Gasteiger partial charge in [0.05, 0.1) is 24.5 Å². The SMILES string of the molecule is C=CCCC(=O)NC[C@H](C)OC(=O)[C@H]1[C@@H]2O[C@@]3(CC2Br)[C@@H]1C(=O)N(CCCCCCO)[C@@H]3C(=O)N(CC=C)C1CCCCC1. The van der Waals surface area contributed by atoms with E-state index in [4.69, 9.17) is 9.47 Å². The predicted octanol–water partition coefficient (Wildman–Crippen LogP) is 3.65. The lowest BCUT2D eigenvalue weighted by Crippen LogP contribution is -2.58. The molecule has 2 N–H and O–H groups in total. The normalized spacial score (nSPS) is 30.1. The van der Waals surface area contributed by atoms with E-state index in [-0.39, 0.29) is 41.7 Å². The van der Waals surface area contributed by atoms with Gasteiger partial charge in [-0.15, -0.1) is 13.2 Å². The Morgan fingerprint density at radius 2 is 1.91 bits per heavy atom. The van der Waals surface area contributed by atoms with Crippen LogP contribution in [0.15, 0.2) is 25.3 Å². The molecule has 44 heavy (non-hydrogen) atoms. The van der Waals surface area contributed by atoms with Crippen LogP contribution in [-0.4, -0.2) is 99.6 Å². The monoisotopic (exact) mass is 679 g/mol. The van der Waals surface area contributed by atoms with E-state index in [2.05, 4.69) is 34.4 Å². The molecule has 0 radical (unpaired) electrons. The number of unbranched alkanes of at least 4 members (excludes halogenated alkanes) is 3. The van der Waals surface area contributed by atoms with E-state index in [0.29, 0.717) is 45.2 Å². The van der Waals surface area contributed by atoms with Crippen molar-refractivity contribution in [2.75, 3.05) is 26.2 Å². The minimum Gasteiger partial charge on any atom is -0.460 e. The number of allylic oxidation sites excluding steroid dienone is 1. The maximum absolute atomic E-state index is 14.6. The largest absolute Gasteiger partial charge is 0.460 e. The molecule has 11 heteroatoms. The first-order chi connectivity index (χ1) is 21.2. The van der Waals surface area contributed by atoms with Crippen LogP contribution < -0.4 is 5.32 Å². The predicted molar refractivity (Wildman–Crippen MR) is 170 cm³/mol. The molecule has 3 amide bonds. The Kier molecular flexibility index (Phi) is 12.5. The summed E-state index contributed by atoms with van der Waals surface area (Å²) in [6.07, 6.45) is 11.6. The maximum atomic E-state index is 14.6. The fourth-order valence-corrected chi connectivity index (χ4v) is 8.61. The van der Waals surface area contributed by atoms with Gasteiger partial charge in [0.2, 0.25) is 17.7 Å². The summed E-state index contributed by atoms with van der Waals surface area (Å²) in [4.78, 5) is 58.1. The first-order valence-corrected chi connectivity index (χ1v) is 17.3. The molecule has 1 unspecified atom stereocenters. The Labute approximate surface area is 270 Å². The van der Waals surface area contributed by atoms with Crippen molar-refractivity contribution in [3.05, 3.63) is 25.3 Å². The number of alkyl halides is 1. The molecule has 10 nitrogen and oxygen atoms in total. The summed E-state index contributed by atoms with van der Waals surface area (Å²) in [6, 6.07) is -0.767. The van der Waals surface area contributed by atoms with E-state index < -0.39 is 41.7 Å². The standard InChI is InChI=1S/C33H50BrN3O7/c1-4-6-16-25(39)35-21-22(3)43-32(42)26-27-30(40)37(18-12-7-8-13-19-38)29(33(27)20-24(34)28(26)44-33)31(41)36(17-5-2)23-14-10-9-11-15-23/h4-5,22-24,26-29,38H,1-2,6-21H2,3H3,(H,35,39)/t22-,24?,26+,27-,28+,29+,33-/m0/s1. The number of halogens is 1. The Balaban J connectivity index is 1.58. The molecular weight excluding hydrogens is 630 g/mol. The minimum atomic E-state index is -1.14. The van der Waals surface area contributed by atoms with Gasteiger partial charge in [0.15, 0.2) is 0 Å². The number of ether oxygens (including phenoxy) is 2. The highest BCUT2D eigenvalue weighted by Gasteiger charge is 2.77. The summed E-state index contributed by atoms with van der Waals surface area (Å²) < 4.78 is 12.5. The number of rotatable bonds is 17. The second kappa shape index (κ2) is 15.9. The van der Waals surface area contributed by atoms with E-state index >= 15 is 0 Å². The van der Waals surface area contributed by atoms with Crippen molar-refractivity contribution < 1.29 is 33.8 Å². The number of aliphatic hydroxyl groups excluding tert-OH is 1. The van der Waals surface area contributed by atoms with Crippen molar-refractivity contribution in [3.8, 4) is 0 Å². The van der Waals surface area contributed by atoms with Crippen LogP contribution in [0.5, 0.6) is 0 Å². The lowest BCUT2D eigenvalue weighted by atomic mass is 9.70. The second-order valence-electron chi connectivity index (χ2n) is 12.8. The number of hydrogen-bond acceptors (Lipinski definition) is 7. The van der Waals surface area contributed by atoms with Crippen LogP contribution in [0.1, 0.15) is 84.0 Å². The van der Waals surface area contributed by atoms with Gasteiger partial charge < -0.3 is 29.7 Å². The Hall–Kier alpha value is -2.24. The molecule has 2 bridgehead atoms. The number of carbonyl (C=O) groups excluding carboxylic acids is 4. The molecule has 1 spiro atoms. The fourth-order valence-electron chi connectivity index (χ4n) is 7.67. The van der Waals surface area contributed by atoms with E-state index in [1.54, 1.807) is 24.0 Å². The van der Waals surface area contributed by atoms with Gasteiger partial charge in [0.25, 0.3) is 0 Å². The fraction of sp³-hybridized carbons (Fsp3) is 0.758.